The molecule has 0 atom stereocenters. The Bertz CT molecular complexity index is 644. The molecule has 2 rings (SSSR count). The smallest absolute Gasteiger partial charge is 0.221 e. The van der Waals surface area contributed by atoms with Gasteiger partial charge in [0.15, 0.2) is 11.6 Å². The third-order valence-corrected chi connectivity index (χ3v) is 2.90. The first-order valence-electron chi connectivity index (χ1n) is 6.52. The number of anilines is 2. The van der Waals surface area contributed by atoms with Crippen molar-refractivity contribution in [3.05, 3.63) is 53.8 Å². The predicted octanol–water partition coefficient (Wildman–Crippen LogP) is 3.40. The molecule has 2 aromatic rings. The molecule has 1 amide bonds. The van der Waals surface area contributed by atoms with E-state index in [1.807, 2.05) is 18.2 Å². The van der Waals surface area contributed by atoms with Gasteiger partial charge in [-0.2, -0.15) is 0 Å². The number of amides is 1. The van der Waals surface area contributed by atoms with Crippen molar-refractivity contribution in [3.63, 3.8) is 0 Å². The Hall–Kier alpha value is -2.56. The summed E-state index contributed by atoms with van der Waals surface area (Å²) in [6.45, 7) is 1.94. The highest BCUT2D eigenvalue weighted by Gasteiger charge is 2.03. The van der Waals surface area contributed by atoms with Crippen LogP contribution in [0, 0.1) is 5.82 Å². The third-order valence-electron chi connectivity index (χ3n) is 2.90. The molecule has 5 heteroatoms. The number of rotatable bonds is 5. The molecule has 0 heterocycles. The van der Waals surface area contributed by atoms with E-state index in [0.29, 0.717) is 12.2 Å². The summed E-state index contributed by atoms with van der Waals surface area (Å²) in [5, 5.41) is 5.89. The fraction of sp³-hybridized carbons (Fsp3) is 0.188. The molecule has 0 aromatic heterocycles. The summed E-state index contributed by atoms with van der Waals surface area (Å²) < 4.78 is 18.5. The zero-order chi connectivity index (χ0) is 15.2. The Balaban J connectivity index is 2.02. The summed E-state index contributed by atoms with van der Waals surface area (Å²) in [6, 6.07) is 12.2. The van der Waals surface area contributed by atoms with Crippen LogP contribution in [0.25, 0.3) is 0 Å². The molecule has 0 aliphatic heterocycles. The quantitative estimate of drug-likeness (QED) is 0.886. The molecule has 0 aliphatic rings. The second-order valence-corrected chi connectivity index (χ2v) is 4.58. The van der Waals surface area contributed by atoms with Crippen LogP contribution in [0.2, 0.25) is 0 Å². The summed E-state index contributed by atoms with van der Waals surface area (Å²) >= 11 is 0. The zero-order valence-electron chi connectivity index (χ0n) is 11.9. The molecule has 110 valence electrons. The number of hydrogen-bond acceptors (Lipinski definition) is 3. The number of hydrogen-bond donors (Lipinski definition) is 2. The first-order chi connectivity index (χ1) is 10.1. The van der Waals surface area contributed by atoms with Crippen molar-refractivity contribution in [2.24, 2.45) is 0 Å². The second kappa shape index (κ2) is 6.74. The first-order valence-corrected chi connectivity index (χ1v) is 6.52. The fourth-order valence-corrected chi connectivity index (χ4v) is 1.93. The van der Waals surface area contributed by atoms with E-state index in [4.69, 9.17) is 4.74 Å². The molecular formula is C16H17FN2O2. The molecule has 0 fully saturated rings. The van der Waals surface area contributed by atoms with Crippen molar-refractivity contribution in [2.45, 2.75) is 13.5 Å². The number of halogens is 1. The van der Waals surface area contributed by atoms with Crippen molar-refractivity contribution in [2.75, 3.05) is 17.7 Å². The van der Waals surface area contributed by atoms with E-state index in [-0.39, 0.29) is 17.5 Å². The van der Waals surface area contributed by atoms with Crippen LogP contribution in [0.15, 0.2) is 42.5 Å². The van der Waals surface area contributed by atoms with E-state index in [2.05, 4.69) is 10.6 Å². The lowest BCUT2D eigenvalue weighted by Gasteiger charge is -2.10. The van der Waals surface area contributed by atoms with Gasteiger partial charge in [-0.3, -0.25) is 4.79 Å². The minimum absolute atomic E-state index is 0.121. The van der Waals surface area contributed by atoms with Crippen LogP contribution in [-0.2, 0) is 11.3 Å². The summed E-state index contributed by atoms with van der Waals surface area (Å²) in [4.78, 5) is 11.0. The second-order valence-electron chi connectivity index (χ2n) is 4.58. The number of nitrogens with one attached hydrogen (secondary N) is 2. The molecule has 0 saturated carbocycles. The van der Waals surface area contributed by atoms with Crippen molar-refractivity contribution < 1.29 is 13.9 Å². The zero-order valence-corrected chi connectivity index (χ0v) is 11.9. The van der Waals surface area contributed by atoms with E-state index in [1.54, 1.807) is 18.2 Å². The maximum absolute atomic E-state index is 13.6. The van der Waals surface area contributed by atoms with Crippen LogP contribution >= 0.6 is 0 Å². The SMILES string of the molecule is COc1ccc(CNc2cccc(NC(C)=O)c2)cc1F. The number of benzene rings is 2. The summed E-state index contributed by atoms with van der Waals surface area (Å²) in [5.74, 6) is -0.278. The van der Waals surface area contributed by atoms with E-state index >= 15 is 0 Å². The van der Waals surface area contributed by atoms with E-state index < -0.39 is 0 Å². The van der Waals surface area contributed by atoms with Gasteiger partial charge in [-0.1, -0.05) is 12.1 Å². The summed E-state index contributed by atoms with van der Waals surface area (Å²) in [6.07, 6.45) is 0. The minimum atomic E-state index is -0.385. The molecule has 21 heavy (non-hydrogen) atoms. The highest BCUT2D eigenvalue weighted by atomic mass is 19.1. The molecule has 0 saturated heterocycles. The molecule has 0 radical (unpaired) electrons. The maximum atomic E-state index is 13.6. The Kier molecular flexibility index (Phi) is 4.77. The van der Waals surface area contributed by atoms with Crippen molar-refractivity contribution >= 4 is 17.3 Å². The highest BCUT2D eigenvalue weighted by molar-refractivity contribution is 5.89. The molecule has 2 N–H and O–H groups in total. The van der Waals surface area contributed by atoms with Gasteiger partial charge in [0.2, 0.25) is 5.91 Å². The lowest BCUT2D eigenvalue weighted by Crippen LogP contribution is -2.06. The number of methoxy groups -OCH3 is 1. The van der Waals surface area contributed by atoms with Gasteiger partial charge >= 0.3 is 0 Å². The van der Waals surface area contributed by atoms with Crippen molar-refractivity contribution in [3.8, 4) is 5.75 Å². The largest absolute Gasteiger partial charge is 0.494 e. The van der Waals surface area contributed by atoms with Gasteiger partial charge in [-0.05, 0) is 35.9 Å². The highest BCUT2D eigenvalue weighted by Crippen LogP contribution is 2.19. The van der Waals surface area contributed by atoms with Gasteiger partial charge in [-0.25, -0.2) is 4.39 Å². The molecule has 0 aliphatic carbocycles. The van der Waals surface area contributed by atoms with E-state index in [9.17, 15) is 9.18 Å². The Morgan fingerprint density at radius 2 is 1.95 bits per heavy atom. The molecule has 2 aromatic carbocycles. The van der Waals surface area contributed by atoms with Gasteiger partial charge < -0.3 is 15.4 Å². The van der Waals surface area contributed by atoms with Gasteiger partial charge in [0, 0.05) is 24.8 Å². The van der Waals surface area contributed by atoms with Gasteiger partial charge in [0.05, 0.1) is 7.11 Å². The monoisotopic (exact) mass is 288 g/mol. The van der Waals surface area contributed by atoms with Crippen LogP contribution in [-0.4, -0.2) is 13.0 Å². The average molecular weight is 288 g/mol. The van der Waals surface area contributed by atoms with Crippen molar-refractivity contribution in [1.82, 2.24) is 0 Å². The lowest BCUT2D eigenvalue weighted by molar-refractivity contribution is -0.114. The summed E-state index contributed by atoms with van der Waals surface area (Å²) in [5.41, 5.74) is 2.36. The Labute approximate surface area is 122 Å². The standard InChI is InChI=1S/C16H17FN2O2/c1-11(20)19-14-5-3-4-13(9-14)18-10-12-6-7-16(21-2)15(17)8-12/h3-9,18H,10H2,1-2H3,(H,19,20). The molecule has 4 nitrogen and oxygen atoms in total. The van der Waals surface area contributed by atoms with Crippen LogP contribution in [0.5, 0.6) is 5.75 Å². The number of carbonyl (C=O) groups excluding carboxylic acids is 1. The lowest BCUT2D eigenvalue weighted by atomic mass is 10.2. The minimum Gasteiger partial charge on any atom is -0.494 e. The third kappa shape index (κ3) is 4.21. The van der Waals surface area contributed by atoms with Crippen LogP contribution in [0.1, 0.15) is 12.5 Å². The average Bonchev–Trinajstić information content (AvgIpc) is 2.45. The molecule has 0 unspecified atom stereocenters. The normalized spacial score (nSPS) is 10.0. The fourth-order valence-electron chi connectivity index (χ4n) is 1.93. The van der Waals surface area contributed by atoms with Gasteiger partial charge in [-0.15, -0.1) is 0 Å². The van der Waals surface area contributed by atoms with Gasteiger partial charge in [0.1, 0.15) is 0 Å². The van der Waals surface area contributed by atoms with Crippen LogP contribution in [0.4, 0.5) is 15.8 Å². The molecule has 0 bridgehead atoms. The van der Waals surface area contributed by atoms with Crippen LogP contribution < -0.4 is 15.4 Å². The Morgan fingerprint density at radius 1 is 1.19 bits per heavy atom. The summed E-state index contributed by atoms with van der Waals surface area (Å²) in [7, 11) is 1.43. The number of ether oxygens (including phenoxy) is 1. The first kappa shape index (κ1) is 14.8. The van der Waals surface area contributed by atoms with Crippen molar-refractivity contribution in [1.29, 1.82) is 0 Å². The topological polar surface area (TPSA) is 50.4 Å². The molecular weight excluding hydrogens is 271 g/mol. The maximum Gasteiger partial charge on any atom is 0.221 e. The van der Waals surface area contributed by atoms with E-state index in [0.717, 1.165) is 11.3 Å². The predicted molar refractivity (Wildman–Crippen MR) is 81.0 cm³/mol. The van der Waals surface area contributed by atoms with Gasteiger partial charge in [0.25, 0.3) is 0 Å². The van der Waals surface area contributed by atoms with E-state index in [1.165, 1.54) is 20.1 Å². The molecule has 0 spiro atoms. The van der Waals surface area contributed by atoms with Crippen LogP contribution in [0.3, 0.4) is 0 Å². The Morgan fingerprint density at radius 3 is 2.62 bits per heavy atom. The number of carbonyl (C=O) groups is 1.